The number of carbonyl (C=O) groups excluding carboxylic acids is 2. The molecule has 0 N–H and O–H groups in total. The molecule has 1 saturated heterocycles. The molecule has 0 unspecified atom stereocenters. The molecule has 29 heavy (non-hydrogen) atoms. The lowest BCUT2D eigenvalue weighted by atomic mass is 10.2. The molecule has 0 aliphatic carbocycles. The normalized spacial score (nSPS) is 16.5. The number of rotatable bonds is 6. The van der Waals surface area contributed by atoms with Gasteiger partial charge in [0.2, 0.25) is 0 Å². The van der Waals surface area contributed by atoms with E-state index in [2.05, 4.69) is 4.99 Å². The van der Waals surface area contributed by atoms with Crippen LogP contribution in [0.5, 0.6) is 5.75 Å². The zero-order valence-corrected chi connectivity index (χ0v) is 16.7. The summed E-state index contributed by atoms with van der Waals surface area (Å²) in [7, 11) is 1.60. The summed E-state index contributed by atoms with van der Waals surface area (Å²) < 4.78 is 24.0. The second-order valence-corrected chi connectivity index (χ2v) is 6.99. The molecular weight excluding hydrogens is 395 g/mol. The molecule has 0 saturated carbocycles. The van der Waals surface area contributed by atoms with Crippen LogP contribution >= 0.6 is 11.8 Å². The summed E-state index contributed by atoms with van der Waals surface area (Å²) in [5, 5.41) is 0.403. The van der Waals surface area contributed by atoms with Crippen molar-refractivity contribution in [1.29, 1.82) is 0 Å². The van der Waals surface area contributed by atoms with Crippen LogP contribution < -0.4 is 4.74 Å². The van der Waals surface area contributed by atoms with Crippen LogP contribution in [-0.4, -0.2) is 42.2 Å². The number of halogens is 1. The van der Waals surface area contributed by atoms with Crippen LogP contribution in [0.25, 0.3) is 6.08 Å². The van der Waals surface area contributed by atoms with Crippen molar-refractivity contribution in [3.63, 3.8) is 0 Å². The SMILES string of the molecule is CCOC(=O)COc1ccc(/C=C2/SC(=Nc3ccccc3F)N(C)C2=O)cc1. The highest BCUT2D eigenvalue weighted by molar-refractivity contribution is 8.18. The minimum absolute atomic E-state index is 0.163. The van der Waals surface area contributed by atoms with Crippen molar-refractivity contribution >= 4 is 40.6 Å². The fourth-order valence-electron chi connectivity index (χ4n) is 2.45. The first kappa shape index (κ1) is 20.6. The Morgan fingerprint density at radius 2 is 1.93 bits per heavy atom. The highest BCUT2D eigenvalue weighted by Gasteiger charge is 2.30. The second kappa shape index (κ2) is 9.38. The topological polar surface area (TPSA) is 68.2 Å². The first-order valence-corrected chi connectivity index (χ1v) is 9.69. The van der Waals surface area contributed by atoms with Gasteiger partial charge in [0.25, 0.3) is 5.91 Å². The monoisotopic (exact) mass is 414 g/mol. The molecule has 0 atom stereocenters. The van der Waals surface area contributed by atoms with Crippen LogP contribution in [0, 0.1) is 5.82 Å². The number of hydrogen-bond acceptors (Lipinski definition) is 6. The van der Waals surface area contributed by atoms with E-state index < -0.39 is 11.8 Å². The van der Waals surface area contributed by atoms with Crippen molar-refractivity contribution < 1.29 is 23.5 Å². The van der Waals surface area contributed by atoms with E-state index >= 15 is 0 Å². The molecule has 1 heterocycles. The van der Waals surface area contributed by atoms with Gasteiger partial charge in [-0.3, -0.25) is 9.69 Å². The van der Waals surface area contributed by atoms with E-state index in [0.717, 1.165) is 5.56 Å². The van der Waals surface area contributed by atoms with E-state index in [-0.39, 0.29) is 18.2 Å². The Kier molecular flexibility index (Phi) is 6.66. The van der Waals surface area contributed by atoms with E-state index in [9.17, 15) is 14.0 Å². The maximum Gasteiger partial charge on any atom is 0.344 e. The third-order valence-electron chi connectivity index (χ3n) is 3.91. The minimum atomic E-state index is -0.447. The van der Waals surface area contributed by atoms with Gasteiger partial charge in [-0.25, -0.2) is 14.2 Å². The van der Waals surface area contributed by atoms with Crippen LogP contribution in [0.3, 0.4) is 0 Å². The molecule has 0 aromatic heterocycles. The van der Waals surface area contributed by atoms with Crippen LogP contribution in [0.4, 0.5) is 10.1 Å². The molecule has 0 spiro atoms. The fraction of sp³-hybridized carbons (Fsp3) is 0.190. The van der Waals surface area contributed by atoms with Gasteiger partial charge in [-0.2, -0.15) is 0 Å². The van der Waals surface area contributed by atoms with Crippen LogP contribution in [0.15, 0.2) is 58.4 Å². The Bertz CT molecular complexity index is 973. The lowest BCUT2D eigenvalue weighted by Gasteiger charge is -2.07. The van der Waals surface area contributed by atoms with Crippen molar-refractivity contribution in [2.75, 3.05) is 20.3 Å². The van der Waals surface area contributed by atoms with Crippen LogP contribution in [0.1, 0.15) is 12.5 Å². The van der Waals surface area contributed by atoms with E-state index in [4.69, 9.17) is 9.47 Å². The van der Waals surface area contributed by atoms with Crippen molar-refractivity contribution in [3.05, 3.63) is 64.8 Å². The van der Waals surface area contributed by atoms with E-state index in [1.54, 1.807) is 62.5 Å². The fourth-order valence-corrected chi connectivity index (χ4v) is 3.43. The molecule has 2 aromatic carbocycles. The Balaban J connectivity index is 1.71. The number of para-hydroxylation sites is 1. The molecule has 2 aromatic rings. The van der Waals surface area contributed by atoms with E-state index in [1.807, 2.05) is 0 Å². The standard InChI is InChI=1S/C21H19FN2O4S/c1-3-27-19(25)13-28-15-10-8-14(9-11-15)12-18-20(26)24(2)21(29-18)23-17-7-5-4-6-16(17)22/h4-12H,3,13H2,1-2H3/b18-12+,23-21?. The Morgan fingerprint density at radius 3 is 2.62 bits per heavy atom. The van der Waals surface area contributed by atoms with Crippen LogP contribution in [-0.2, 0) is 14.3 Å². The molecule has 3 rings (SSSR count). The summed E-state index contributed by atoms with van der Waals surface area (Å²) in [4.78, 5) is 29.9. The summed E-state index contributed by atoms with van der Waals surface area (Å²) in [5.74, 6) is -0.578. The van der Waals surface area contributed by atoms with Gasteiger partial charge < -0.3 is 9.47 Å². The van der Waals surface area contributed by atoms with E-state index in [1.165, 1.54) is 22.7 Å². The molecule has 0 radical (unpaired) electrons. The number of esters is 1. The number of nitrogens with zero attached hydrogens (tertiary/aromatic N) is 2. The highest BCUT2D eigenvalue weighted by atomic mass is 32.2. The second-order valence-electron chi connectivity index (χ2n) is 5.98. The number of thioether (sulfide) groups is 1. The zero-order chi connectivity index (χ0) is 20.8. The number of ether oxygens (including phenoxy) is 2. The Morgan fingerprint density at radius 1 is 1.21 bits per heavy atom. The summed E-state index contributed by atoms with van der Waals surface area (Å²) in [5.41, 5.74) is 0.962. The number of aliphatic imine (C=N–C) groups is 1. The van der Waals surface area contributed by atoms with E-state index in [0.29, 0.717) is 22.4 Å². The molecular formula is C21H19FN2O4S. The smallest absolute Gasteiger partial charge is 0.344 e. The number of carbonyl (C=O) groups is 2. The average Bonchev–Trinajstić information content (AvgIpc) is 2.97. The largest absolute Gasteiger partial charge is 0.482 e. The van der Waals surface area contributed by atoms with Crippen molar-refractivity contribution in [2.45, 2.75) is 6.92 Å². The number of hydrogen-bond donors (Lipinski definition) is 0. The molecule has 0 bridgehead atoms. The summed E-state index contributed by atoms with van der Waals surface area (Å²) in [6.07, 6.45) is 1.72. The van der Waals surface area contributed by atoms with Gasteiger partial charge in [-0.05, 0) is 54.6 Å². The van der Waals surface area contributed by atoms with Gasteiger partial charge in [-0.15, -0.1) is 0 Å². The molecule has 1 fully saturated rings. The maximum atomic E-state index is 13.8. The zero-order valence-electron chi connectivity index (χ0n) is 15.9. The number of amidine groups is 1. The predicted octanol–water partition coefficient (Wildman–Crippen LogP) is 4.00. The minimum Gasteiger partial charge on any atom is -0.482 e. The van der Waals surface area contributed by atoms with Gasteiger partial charge in [-0.1, -0.05) is 24.3 Å². The van der Waals surface area contributed by atoms with Gasteiger partial charge >= 0.3 is 5.97 Å². The molecule has 1 aliphatic heterocycles. The van der Waals surface area contributed by atoms with Gasteiger partial charge in [0.15, 0.2) is 11.8 Å². The third-order valence-corrected chi connectivity index (χ3v) is 4.97. The predicted molar refractivity (Wildman–Crippen MR) is 110 cm³/mol. The first-order chi connectivity index (χ1) is 14.0. The van der Waals surface area contributed by atoms with Crippen molar-refractivity contribution in [3.8, 4) is 5.75 Å². The lowest BCUT2D eigenvalue weighted by Crippen LogP contribution is -2.23. The molecule has 1 amide bonds. The van der Waals surface area contributed by atoms with Crippen LogP contribution in [0.2, 0.25) is 0 Å². The summed E-state index contributed by atoms with van der Waals surface area (Å²) >= 11 is 1.18. The number of amides is 1. The average molecular weight is 414 g/mol. The molecule has 1 aliphatic rings. The maximum absolute atomic E-state index is 13.8. The van der Waals surface area contributed by atoms with Gasteiger partial charge in [0, 0.05) is 7.05 Å². The highest BCUT2D eigenvalue weighted by Crippen LogP contribution is 2.33. The molecule has 8 heteroatoms. The quantitative estimate of drug-likeness (QED) is 0.528. The van der Waals surface area contributed by atoms with Gasteiger partial charge in [0.05, 0.1) is 11.5 Å². The Hall–Kier alpha value is -3.13. The number of likely N-dealkylation sites (N-methyl/N-ethyl adjacent to an activating group) is 1. The van der Waals surface area contributed by atoms with Crippen molar-refractivity contribution in [1.82, 2.24) is 4.90 Å². The molecule has 150 valence electrons. The molecule has 6 nitrogen and oxygen atoms in total. The van der Waals surface area contributed by atoms with Gasteiger partial charge in [0.1, 0.15) is 17.3 Å². The number of benzene rings is 2. The lowest BCUT2D eigenvalue weighted by molar-refractivity contribution is -0.145. The summed E-state index contributed by atoms with van der Waals surface area (Å²) in [6.45, 7) is 1.87. The Labute approximate surface area is 172 Å². The summed E-state index contributed by atoms with van der Waals surface area (Å²) in [6, 6.07) is 13.1. The third kappa shape index (κ3) is 5.23. The van der Waals surface area contributed by atoms with Crippen molar-refractivity contribution in [2.24, 2.45) is 4.99 Å². The first-order valence-electron chi connectivity index (χ1n) is 8.87.